The average Bonchev–Trinajstić information content (AvgIpc) is 3.13. The number of hydrogen-bond donors (Lipinski definition) is 1. The molecule has 0 radical (unpaired) electrons. The van der Waals surface area contributed by atoms with Crippen LogP contribution >= 0.6 is 11.3 Å². The number of amides is 1. The molecule has 0 aliphatic heterocycles. The van der Waals surface area contributed by atoms with Crippen molar-refractivity contribution in [2.45, 2.75) is 13.5 Å². The lowest BCUT2D eigenvalue weighted by molar-refractivity contribution is 0.102. The Bertz CT molecular complexity index is 1280. The number of nitrogens with zero attached hydrogens (tertiary/aromatic N) is 3. The summed E-state index contributed by atoms with van der Waals surface area (Å²) in [5.74, 6) is 0.745. The number of nitrogens with one attached hydrogen (secondary N) is 1. The third-order valence-electron chi connectivity index (χ3n) is 4.23. The number of carbonyl (C=O) groups is 1. The summed E-state index contributed by atoms with van der Waals surface area (Å²) in [6.45, 7) is 1.94. The summed E-state index contributed by atoms with van der Waals surface area (Å²) in [5.41, 5.74) is 1.27. The maximum Gasteiger partial charge on any atom is 0.275 e. The van der Waals surface area contributed by atoms with Crippen LogP contribution in [0, 0.1) is 6.92 Å². The number of aromatic nitrogens is 3. The van der Waals surface area contributed by atoms with E-state index in [4.69, 9.17) is 9.47 Å². The fourth-order valence-electron chi connectivity index (χ4n) is 2.88. The van der Waals surface area contributed by atoms with Gasteiger partial charge in [-0.3, -0.25) is 9.59 Å². The minimum Gasteiger partial charge on any atom is -0.496 e. The van der Waals surface area contributed by atoms with Gasteiger partial charge in [0.2, 0.25) is 4.96 Å². The highest BCUT2D eigenvalue weighted by Crippen LogP contribution is 2.22. The third kappa shape index (κ3) is 4.15. The van der Waals surface area contributed by atoms with E-state index in [9.17, 15) is 9.59 Å². The molecule has 0 fully saturated rings. The largest absolute Gasteiger partial charge is 0.496 e. The number of anilines is 1. The summed E-state index contributed by atoms with van der Waals surface area (Å²) >= 11 is 1.34. The van der Waals surface area contributed by atoms with E-state index in [0.717, 1.165) is 5.01 Å². The zero-order valence-electron chi connectivity index (χ0n) is 16.3. The molecule has 2 heterocycles. The molecule has 4 aromatic rings. The maximum atomic E-state index is 12.6. The predicted octanol–water partition coefficient (Wildman–Crippen LogP) is 3.30. The van der Waals surface area contributed by atoms with Gasteiger partial charge in [0.1, 0.15) is 23.1 Å². The first-order valence-corrected chi connectivity index (χ1v) is 9.89. The molecule has 0 saturated carbocycles. The minimum atomic E-state index is -0.287. The van der Waals surface area contributed by atoms with E-state index in [1.807, 2.05) is 6.92 Å². The number of rotatable bonds is 6. The lowest BCUT2D eigenvalue weighted by Crippen LogP contribution is -2.16. The van der Waals surface area contributed by atoms with Gasteiger partial charge in [-0.15, -0.1) is 0 Å². The molecule has 152 valence electrons. The van der Waals surface area contributed by atoms with Crippen molar-refractivity contribution in [3.05, 3.63) is 81.2 Å². The second kappa shape index (κ2) is 8.34. The first kappa shape index (κ1) is 19.6. The third-order valence-corrected chi connectivity index (χ3v) is 5.05. The quantitative estimate of drug-likeness (QED) is 0.512. The Hall–Kier alpha value is -3.72. The second-order valence-corrected chi connectivity index (χ2v) is 7.53. The van der Waals surface area contributed by atoms with Crippen LogP contribution in [0.3, 0.4) is 0 Å². The van der Waals surface area contributed by atoms with Gasteiger partial charge in [-0.2, -0.15) is 9.61 Å². The molecule has 8 nitrogen and oxygen atoms in total. The van der Waals surface area contributed by atoms with Crippen molar-refractivity contribution in [3.8, 4) is 11.5 Å². The second-order valence-electron chi connectivity index (χ2n) is 6.37. The van der Waals surface area contributed by atoms with E-state index in [1.165, 1.54) is 29.0 Å². The van der Waals surface area contributed by atoms with E-state index in [2.05, 4.69) is 15.4 Å². The van der Waals surface area contributed by atoms with Gasteiger partial charge in [-0.25, -0.2) is 4.98 Å². The fraction of sp³-hybridized carbons (Fsp3) is 0.143. The Morgan fingerprint density at radius 2 is 2.00 bits per heavy atom. The van der Waals surface area contributed by atoms with Gasteiger partial charge in [-0.1, -0.05) is 29.5 Å². The molecule has 9 heteroatoms. The zero-order valence-corrected chi connectivity index (χ0v) is 17.1. The lowest BCUT2D eigenvalue weighted by Gasteiger charge is -2.11. The van der Waals surface area contributed by atoms with E-state index < -0.39 is 0 Å². The molecular formula is C21H18N4O4S. The summed E-state index contributed by atoms with van der Waals surface area (Å²) in [6, 6.07) is 15.4. The first-order valence-electron chi connectivity index (χ1n) is 9.07. The van der Waals surface area contributed by atoms with Crippen molar-refractivity contribution in [2.75, 3.05) is 12.4 Å². The van der Waals surface area contributed by atoms with Crippen molar-refractivity contribution in [3.63, 3.8) is 0 Å². The highest BCUT2D eigenvalue weighted by atomic mass is 32.1. The Morgan fingerprint density at radius 1 is 1.17 bits per heavy atom. The summed E-state index contributed by atoms with van der Waals surface area (Å²) in [6.07, 6.45) is 0. The number of aryl methyl sites for hydroxylation is 1. The van der Waals surface area contributed by atoms with Gasteiger partial charge in [0.15, 0.2) is 0 Å². The first-order chi connectivity index (χ1) is 14.5. The Labute approximate surface area is 175 Å². The van der Waals surface area contributed by atoms with E-state index in [-0.39, 0.29) is 18.1 Å². The number of methoxy groups -OCH3 is 1. The molecule has 2 aromatic heterocycles. The number of para-hydroxylation sites is 1. The topological polar surface area (TPSA) is 94.8 Å². The van der Waals surface area contributed by atoms with Crippen molar-refractivity contribution in [2.24, 2.45) is 0 Å². The Kier molecular flexibility index (Phi) is 5.44. The van der Waals surface area contributed by atoms with Crippen molar-refractivity contribution >= 4 is 27.9 Å². The van der Waals surface area contributed by atoms with Gasteiger partial charge < -0.3 is 14.8 Å². The van der Waals surface area contributed by atoms with Crippen molar-refractivity contribution < 1.29 is 14.3 Å². The molecule has 0 atom stereocenters. The number of hydrogen-bond acceptors (Lipinski definition) is 7. The highest BCUT2D eigenvalue weighted by molar-refractivity contribution is 7.16. The summed E-state index contributed by atoms with van der Waals surface area (Å²) in [4.78, 5) is 29.6. The van der Waals surface area contributed by atoms with Crippen LogP contribution in [0.4, 0.5) is 5.69 Å². The average molecular weight is 422 g/mol. The monoisotopic (exact) mass is 422 g/mol. The number of carbonyl (C=O) groups excluding carboxylic acids is 1. The highest BCUT2D eigenvalue weighted by Gasteiger charge is 2.12. The van der Waals surface area contributed by atoms with Crippen molar-refractivity contribution in [1.82, 2.24) is 14.6 Å². The molecule has 0 aliphatic rings. The van der Waals surface area contributed by atoms with Crippen LogP contribution < -0.4 is 20.3 Å². The predicted molar refractivity (Wildman–Crippen MR) is 114 cm³/mol. The van der Waals surface area contributed by atoms with Crippen LogP contribution in [0.15, 0.2) is 59.4 Å². The fourth-order valence-corrected chi connectivity index (χ4v) is 3.64. The normalized spacial score (nSPS) is 10.7. The molecule has 0 bridgehead atoms. The van der Waals surface area contributed by atoms with Crippen LogP contribution in [0.1, 0.15) is 21.1 Å². The molecule has 2 aromatic carbocycles. The summed E-state index contributed by atoms with van der Waals surface area (Å²) < 4.78 is 12.3. The molecule has 1 N–H and O–H groups in total. The SMILES string of the molecule is COc1ccccc1C(=O)Nc1cccc(OCc2cc(=O)n3nc(C)sc3n2)c1. The van der Waals surface area contributed by atoms with Crippen LogP contribution in [-0.2, 0) is 6.61 Å². The standard InChI is InChI=1S/C21H18N4O4S/c1-13-24-25-19(26)11-15(23-21(25)30-13)12-29-16-7-5-6-14(10-16)22-20(27)17-8-3-4-9-18(17)28-2/h3-11H,12H2,1-2H3,(H,22,27). The molecule has 0 unspecified atom stereocenters. The molecule has 0 aliphatic carbocycles. The Morgan fingerprint density at radius 3 is 2.83 bits per heavy atom. The van der Waals surface area contributed by atoms with Crippen LogP contribution in [0.25, 0.3) is 4.96 Å². The van der Waals surface area contributed by atoms with Gasteiger partial charge in [0.25, 0.3) is 11.5 Å². The lowest BCUT2D eigenvalue weighted by atomic mass is 10.2. The van der Waals surface area contributed by atoms with E-state index >= 15 is 0 Å². The van der Waals surface area contributed by atoms with Gasteiger partial charge >= 0.3 is 0 Å². The molecule has 0 spiro atoms. The van der Waals surface area contributed by atoms with Crippen LogP contribution in [0.2, 0.25) is 0 Å². The van der Waals surface area contributed by atoms with Crippen LogP contribution in [0.5, 0.6) is 11.5 Å². The number of fused-ring (bicyclic) bond motifs is 1. The number of benzene rings is 2. The molecule has 1 amide bonds. The molecule has 4 rings (SSSR count). The Balaban J connectivity index is 1.47. The minimum absolute atomic E-state index is 0.118. The van der Waals surface area contributed by atoms with Gasteiger partial charge in [0.05, 0.1) is 18.4 Å². The maximum absolute atomic E-state index is 12.6. The number of ether oxygens (including phenoxy) is 2. The molecular weight excluding hydrogens is 404 g/mol. The summed E-state index contributed by atoms with van der Waals surface area (Å²) in [5, 5.41) is 7.71. The van der Waals surface area contributed by atoms with Gasteiger partial charge in [-0.05, 0) is 31.2 Å². The van der Waals surface area contributed by atoms with Crippen molar-refractivity contribution in [1.29, 1.82) is 0 Å². The zero-order chi connectivity index (χ0) is 21.1. The van der Waals surface area contributed by atoms with Crippen LogP contribution in [-0.4, -0.2) is 27.6 Å². The molecule has 0 saturated heterocycles. The molecule has 30 heavy (non-hydrogen) atoms. The van der Waals surface area contributed by atoms with Gasteiger partial charge in [0, 0.05) is 17.8 Å². The summed E-state index contributed by atoms with van der Waals surface area (Å²) in [7, 11) is 1.52. The smallest absolute Gasteiger partial charge is 0.275 e. The van der Waals surface area contributed by atoms with E-state index in [1.54, 1.807) is 48.5 Å². The van der Waals surface area contributed by atoms with E-state index in [0.29, 0.717) is 33.4 Å².